The van der Waals surface area contributed by atoms with Crippen molar-refractivity contribution in [2.75, 3.05) is 0 Å². The van der Waals surface area contributed by atoms with Crippen LogP contribution < -0.4 is 0 Å². The van der Waals surface area contributed by atoms with E-state index in [-0.39, 0.29) is 0 Å². The number of nitrogens with zero attached hydrogens (tertiary/aromatic N) is 1. The zero-order valence-corrected chi connectivity index (χ0v) is 12.0. The van der Waals surface area contributed by atoms with E-state index in [1.165, 1.54) is 11.1 Å². The standard InChI is InChI=1S/C19H19N/c1-3-15-20-19(18-7-5-4-6-8-18)14-13-17-11-9-16(2)10-12-17/h3-15H,1-2H3/b14-13+,15-3-,20-19+. The van der Waals surface area contributed by atoms with E-state index in [0.717, 1.165) is 11.3 Å². The normalized spacial score (nSPS) is 12.4. The van der Waals surface area contributed by atoms with E-state index < -0.39 is 0 Å². The van der Waals surface area contributed by atoms with Crippen molar-refractivity contribution in [3.8, 4) is 0 Å². The first-order valence-electron chi connectivity index (χ1n) is 6.79. The van der Waals surface area contributed by atoms with Crippen molar-refractivity contribution >= 4 is 11.8 Å². The third-order valence-electron chi connectivity index (χ3n) is 2.94. The Kier molecular flexibility index (Phi) is 5.08. The van der Waals surface area contributed by atoms with Gasteiger partial charge in [0.1, 0.15) is 0 Å². The molecular formula is C19H19N. The number of hydrogen-bond acceptors (Lipinski definition) is 1. The average Bonchev–Trinajstić information content (AvgIpc) is 2.50. The third-order valence-corrected chi connectivity index (χ3v) is 2.94. The van der Waals surface area contributed by atoms with Crippen molar-refractivity contribution in [2.24, 2.45) is 4.99 Å². The van der Waals surface area contributed by atoms with Gasteiger partial charge in [0.05, 0.1) is 5.71 Å². The highest BCUT2D eigenvalue weighted by molar-refractivity contribution is 6.11. The number of hydrogen-bond donors (Lipinski definition) is 0. The molecule has 0 spiro atoms. The zero-order chi connectivity index (χ0) is 14.2. The van der Waals surface area contributed by atoms with Gasteiger partial charge in [0.15, 0.2) is 0 Å². The molecule has 0 saturated heterocycles. The number of aliphatic imine (C=N–C) groups is 1. The predicted octanol–water partition coefficient (Wildman–Crippen LogP) is 5.03. The SMILES string of the molecule is C\C=C/N=C(\C=C\c1ccc(C)cc1)c1ccccc1. The maximum Gasteiger partial charge on any atom is 0.0702 e. The molecule has 0 aliphatic heterocycles. The summed E-state index contributed by atoms with van der Waals surface area (Å²) in [6.07, 6.45) is 7.90. The van der Waals surface area contributed by atoms with E-state index in [4.69, 9.17) is 0 Å². The highest BCUT2D eigenvalue weighted by Crippen LogP contribution is 2.08. The van der Waals surface area contributed by atoms with Crippen LogP contribution in [-0.4, -0.2) is 5.71 Å². The Morgan fingerprint density at radius 3 is 2.30 bits per heavy atom. The van der Waals surface area contributed by atoms with Gasteiger partial charge in [-0.1, -0.05) is 72.3 Å². The van der Waals surface area contributed by atoms with Gasteiger partial charge in [-0.3, -0.25) is 4.99 Å². The second-order valence-corrected chi connectivity index (χ2v) is 4.61. The van der Waals surface area contributed by atoms with Crippen molar-refractivity contribution in [1.82, 2.24) is 0 Å². The van der Waals surface area contributed by atoms with Crippen LogP contribution in [0.25, 0.3) is 6.08 Å². The fraction of sp³-hybridized carbons (Fsp3) is 0.105. The first-order chi connectivity index (χ1) is 9.79. The van der Waals surface area contributed by atoms with E-state index in [9.17, 15) is 0 Å². The molecular weight excluding hydrogens is 242 g/mol. The molecule has 20 heavy (non-hydrogen) atoms. The second-order valence-electron chi connectivity index (χ2n) is 4.61. The van der Waals surface area contributed by atoms with Gasteiger partial charge in [-0.15, -0.1) is 0 Å². The van der Waals surface area contributed by atoms with Crippen LogP contribution in [0, 0.1) is 6.92 Å². The maximum absolute atomic E-state index is 4.49. The van der Waals surface area contributed by atoms with Crippen LogP contribution in [0.4, 0.5) is 0 Å². The summed E-state index contributed by atoms with van der Waals surface area (Å²) in [7, 11) is 0. The molecule has 0 aliphatic carbocycles. The Bertz CT molecular complexity index is 617. The minimum Gasteiger partial charge on any atom is -0.257 e. The second kappa shape index (κ2) is 7.25. The molecule has 0 aromatic heterocycles. The number of allylic oxidation sites excluding steroid dienone is 2. The van der Waals surface area contributed by atoms with Gasteiger partial charge in [0.25, 0.3) is 0 Å². The summed E-state index contributed by atoms with van der Waals surface area (Å²) in [5.41, 5.74) is 4.53. The summed E-state index contributed by atoms with van der Waals surface area (Å²) in [4.78, 5) is 4.49. The summed E-state index contributed by atoms with van der Waals surface area (Å²) >= 11 is 0. The third kappa shape index (κ3) is 4.06. The smallest absolute Gasteiger partial charge is 0.0702 e. The number of benzene rings is 2. The Hall–Kier alpha value is -2.41. The van der Waals surface area contributed by atoms with Crippen LogP contribution in [0.5, 0.6) is 0 Å². The largest absolute Gasteiger partial charge is 0.257 e. The van der Waals surface area contributed by atoms with E-state index in [2.05, 4.69) is 60.5 Å². The Labute approximate surface area is 121 Å². The lowest BCUT2D eigenvalue weighted by Crippen LogP contribution is -1.95. The molecule has 2 aromatic carbocycles. The maximum atomic E-state index is 4.49. The molecule has 0 N–H and O–H groups in total. The lowest BCUT2D eigenvalue weighted by molar-refractivity contribution is 1.46. The first kappa shape index (κ1) is 14.0. The first-order valence-corrected chi connectivity index (χ1v) is 6.79. The summed E-state index contributed by atoms with van der Waals surface area (Å²) in [6, 6.07) is 18.7. The molecule has 0 bridgehead atoms. The molecule has 0 unspecified atom stereocenters. The quantitative estimate of drug-likeness (QED) is 0.684. The fourth-order valence-electron chi connectivity index (χ4n) is 1.83. The molecule has 1 nitrogen and oxygen atoms in total. The summed E-state index contributed by atoms with van der Waals surface area (Å²) in [5.74, 6) is 0. The van der Waals surface area contributed by atoms with Crippen LogP contribution in [0.3, 0.4) is 0 Å². The number of rotatable bonds is 4. The summed E-state index contributed by atoms with van der Waals surface area (Å²) in [6.45, 7) is 4.06. The summed E-state index contributed by atoms with van der Waals surface area (Å²) < 4.78 is 0. The molecule has 0 heterocycles. The topological polar surface area (TPSA) is 12.4 Å². The highest BCUT2D eigenvalue weighted by atomic mass is 14.7. The molecule has 0 atom stereocenters. The van der Waals surface area contributed by atoms with E-state index >= 15 is 0 Å². The van der Waals surface area contributed by atoms with Crippen LogP contribution in [0.15, 0.2) is 77.9 Å². The van der Waals surface area contributed by atoms with Crippen molar-refractivity contribution in [1.29, 1.82) is 0 Å². The van der Waals surface area contributed by atoms with Crippen LogP contribution >= 0.6 is 0 Å². The molecule has 0 amide bonds. The van der Waals surface area contributed by atoms with Crippen molar-refractivity contribution in [2.45, 2.75) is 13.8 Å². The van der Waals surface area contributed by atoms with Crippen LogP contribution in [-0.2, 0) is 0 Å². The van der Waals surface area contributed by atoms with Gasteiger partial charge in [-0.25, -0.2) is 0 Å². The molecule has 100 valence electrons. The van der Waals surface area contributed by atoms with Gasteiger partial charge in [-0.05, 0) is 25.5 Å². The monoisotopic (exact) mass is 261 g/mol. The van der Waals surface area contributed by atoms with Crippen molar-refractivity contribution < 1.29 is 0 Å². The van der Waals surface area contributed by atoms with Gasteiger partial charge in [0.2, 0.25) is 0 Å². The molecule has 0 fully saturated rings. The predicted molar refractivity (Wildman–Crippen MR) is 88.0 cm³/mol. The van der Waals surface area contributed by atoms with Crippen LogP contribution in [0.1, 0.15) is 23.6 Å². The summed E-state index contributed by atoms with van der Waals surface area (Å²) in [5, 5.41) is 0. The molecule has 2 rings (SSSR count). The van der Waals surface area contributed by atoms with Gasteiger partial charge in [0, 0.05) is 11.8 Å². The molecule has 1 heteroatoms. The fourth-order valence-corrected chi connectivity index (χ4v) is 1.83. The van der Waals surface area contributed by atoms with Crippen molar-refractivity contribution in [3.63, 3.8) is 0 Å². The Morgan fingerprint density at radius 2 is 1.65 bits per heavy atom. The molecule has 0 aliphatic rings. The Balaban J connectivity index is 2.27. The number of aryl methyl sites for hydroxylation is 1. The van der Waals surface area contributed by atoms with Gasteiger partial charge >= 0.3 is 0 Å². The van der Waals surface area contributed by atoms with E-state index in [1.807, 2.05) is 37.4 Å². The van der Waals surface area contributed by atoms with E-state index in [1.54, 1.807) is 0 Å². The molecule has 0 radical (unpaired) electrons. The molecule has 0 saturated carbocycles. The lowest BCUT2D eigenvalue weighted by Gasteiger charge is -2.00. The zero-order valence-electron chi connectivity index (χ0n) is 12.0. The van der Waals surface area contributed by atoms with Crippen molar-refractivity contribution in [3.05, 3.63) is 89.6 Å². The highest BCUT2D eigenvalue weighted by Gasteiger charge is 1.97. The Morgan fingerprint density at radius 1 is 0.950 bits per heavy atom. The minimum atomic E-state index is 0.962. The lowest BCUT2D eigenvalue weighted by atomic mass is 10.1. The average molecular weight is 261 g/mol. The van der Waals surface area contributed by atoms with Gasteiger partial charge in [-0.2, -0.15) is 0 Å². The van der Waals surface area contributed by atoms with Gasteiger partial charge < -0.3 is 0 Å². The molecule has 2 aromatic rings. The minimum absolute atomic E-state index is 0.962. The van der Waals surface area contributed by atoms with E-state index in [0.29, 0.717) is 0 Å². The van der Waals surface area contributed by atoms with Crippen LogP contribution in [0.2, 0.25) is 0 Å².